The molecule has 1 saturated heterocycles. The van der Waals surface area contributed by atoms with Crippen molar-refractivity contribution >= 4 is 16.7 Å². The number of carbonyl (C=O) groups is 1. The normalized spacial score (nSPS) is 15.8. The molecule has 1 unspecified atom stereocenters. The van der Waals surface area contributed by atoms with Gasteiger partial charge in [-0.05, 0) is 82.6 Å². The summed E-state index contributed by atoms with van der Waals surface area (Å²) in [6, 6.07) is 26.5. The number of halogens is 1. The van der Waals surface area contributed by atoms with Crippen molar-refractivity contribution in [1.82, 2.24) is 4.90 Å². The molecule has 1 aliphatic heterocycles. The van der Waals surface area contributed by atoms with Crippen LogP contribution in [0.25, 0.3) is 21.9 Å². The summed E-state index contributed by atoms with van der Waals surface area (Å²) in [4.78, 5) is 14.9. The van der Waals surface area contributed by atoms with Crippen LogP contribution < -0.4 is 4.74 Å². The predicted octanol–water partition coefficient (Wildman–Crippen LogP) is 6.07. The van der Waals surface area contributed by atoms with E-state index >= 15 is 0 Å². The molecule has 5 heteroatoms. The second-order valence-corrected chi connectivity index (χ2v) is 9.14. The second-order valence-electron chi connectivity index (χ2n) is 9.14. The molecule has 1 fully saturated rings. The number of ether oxygens (including phenoxy) is 1. The zero-order valence-corrected chi connectivity index (χ0v) is 19.5. The SMILES string of the molecule is O=C(c1ccc2cc(-c3cccc(COc4ccccc4F)c3)ccc2c1)N1CCCC(CO)C1. The third kappa shape index (κ3) is 5.20. The molecular weight excluding hydrogens is 441 g/mol. The number of rotatable bonds is 6. The predicted molar refractivity (Wildman–Crippen MR) is 136 cm³/mol. The second kappa shape index (κ2) is 10.3. The van der Waals surface area contributed by atoms with Gasteiger partial charge in [-0.2, -0.15) is 0 Å². The molecule has 1 aliphatic rings. The molecule has 0 radical (unpaired) electrons. The summed E-state index contributed by atoms with van der Waals surface area (Å²) in [6.45, 7) is 1.76. The first-order chi connectivity index (χ1) is 17.1. The lowest BCUT2D eigenvalue weighted by atomic mass is 9.97. The topological polar surface area (TPSA) is 49.8 Å². The largest absolute Gasteiger partial charge is 0.486 e. The Kier molecular flexibility index (Phi) is 6.77. The van der Waals surface area contributed by atoms with Gasteiger partial charge in [0.2, 0.25) is 0 Å². The first-order valence-electron chi connectivity index (χ1n) is 12.0. The molecule has 1 heterocycles. The zero-order valence-electron chi connectivity index (χ0n) is 19.5. The molecule has 35 heavy (non-hydrogen) atoms. The summed E-state index contributed by atoms with van der Waals surface area (Å²) in [6.07, 6.45) is 1.90. The monoisotopic (exact) mass is 469 g/mol. The van der Waals surface area contributed by atoms with E-state index in [-0.39, 0.29) is 36.6 Å². The van der Waals surface area contributed by atoms with Crippen LogP contribution in [0.2, 0.25) is 0 Å². The van der Waals surface area contributed by atoms with Gasteiger partial charge in [0.05, 0.1) is 0 Å². The number of aliphatic hydroxyl groups is 1. The van der Waals surface area contributed by atoms with Crippen LogP contribution in [0.15, 0.2) is 84.9 Å². The van der Waals surface area contributed by atoms with Gasteiger partial charge < -0.3 is 14.7 Å². The number of amides is 1. The van der Waals surface area contributed by atoms with Crippen LogP contribution in [-0.4, -0.2) is 35.6 Å². The molecule has 1 N–H and O–H groups in total. The van der Waals surface area contributed by atoms with Crippen molar-refractivity contribution in [2.75, 3.05) is 19.7 Å². The fourth-order valence-corrected chi connectivity index (χ4v) is 4.70. The van der Waals surface area contributed by atoms with Crippen molar-refractivity contribution in [3.05, 3.63) is 102 Å². The number of carbonyl (C=O) groups excluding carboxylic acids is 1. The first kappa shape index (κ1) is 23.1. The summed E-state index contributed by atoms with van der Waals surface area (Å²) >= 11 is 0. The van der Waals surface area contributed by atoms with Gasteiger partial charge in [0.15, 0.2) is 11.6 Å². The smallest absolute Gasteiger partial charge is 0.253 e. The van der Waals surface area contributed by atoms with Gasteiger partial charge in [0.1, 0.15) is 6.61 Å². The lowest BCUT2D eigenvalue weighted by Gasteiger charge is -2.32. The molecular formula is C30H28FNO3. The molecule has 0 aromatic heterocycles. The molecule has 178 valence electrons. The highest BCUT2D eigenvalue weighted by Gasteiger charge is 2.24. The average Bonchev–Trinajstić information content (AvgIpc) is 2.92. The Bertz CT molecular complexity index is 1350. The average molecular weight is 470 g/mol. The summed E-state index contributed by atoms with van der Waals surface area (Å²) in [7, 11) is 0. The van der Waals surface area contributed by atoms with E-state index in [1.165, 1.54) is 6.07 Å². The number of aliphatic hydroxyl groups excluding tert-OH is 1. The molecule has 0 bridgehead atoms. The number of nitrogens with zero attached hydrogens (tertiary/aromatic N) is 1. The van der Waals surface area contributed by atoms with E-state index in [0.717, 1.165) is 46.8 Å². The Hall–Kier alpha value is -3.70. The van der Waals surface area contributed by atoms with E-state index in [1.807, 2.05) is 53.4 Å². The van der Waals surface area contributed by atoms with E-state index in [1.54, 1.807) is 18.2 Å². The number of likely N-dealkylation sites (tertiary alicyclic amines) is 1. The minimum atomic E-state index is -0.371. The van der Waals surface area contributed by atoms with Crippen molar-refractivity contribution in [2.45, 2.75) is 19.4 Å². The van der Waals surface area contributed by atoms with Crippen LogP contribution >= 0.6 is 0 Å². The number of piperidine rings is 1. The number of hydrogen-bond donors (Lipinski definition) is 1. The maximum absolute atomic E-state index is 13.8. The van der Waals surface area contributed by atoms with Crippen LogP contribution in [0.3, 0.4) is 0 Å². The number of hydrogen-bond acceptors (Lipinski definition) is 3. The summed E-state index contributed by atoms with van der Waals surface area (Å²) in [5, 5.41) is 11.5. The van der Waals surface area contributed by atoms with Crippen molar-refractivity contribution in [2.24, 2.45) is 5.92 Å². The van der Waals surface area contributed by atoms with Crippen molar-refractivity contribution < 1.29 is 19.0 Å². The van der Waals surface area contributed by atoms with Gasteiger partial charge in [0, 0.05) is 25.3 Å². The van der Waals surface area contributed by atoms with Gasteiger partial charge in [-0.3, -0.25) is 4.79 Å². The van der Waals surface area contributed by atoms with E-state index in [9.17, 15) is 14.3 Å². The summed E-state index contributed by atoms with van der Waals surface area (Å²) < 4.78 is 19.5. The van der Waals surface area contributed by atoms with E-state index in [0.29, 0.717) is 12.1 Å². The minimum absolute atomic E-state index is 0.0247. The highest BCUT2D eigenvalue weighted by Crippen LogP contribution is 2.27. The number of fused-ring (bicyclic) bond motifs is 1. The lowest BCUT2D eigenvalue weighted by Crippen LogP contribution is -2.40. The van der Waals surface area contributed by atoms with Gasteiger partial charge in [-0.15, -0.1) is 0 Å². The highest BCUT2D eigenvalue weighted by atomic mass is 19.1. The first-order valence-corrected chi connectivity index (χ1v) is 12.0. The Balaban J connectivity index is 1.33. The van der Waals surface area contributed by atoms with Crippen molar-refractivity contribution in [3.8, 4) is 16.9 Å². The van der Waals surface area contributed by atoms with Crippen LogP contribution in [0.5, 0.6) is 5.75 Å². The molecule has 0 spiro atoms. The fourth-order valence-electron chi connectivity index (χ4n) is 4.70. The van der Waals surface area contributed by atoms with Crippen LogP contribution in [0, 0.1) is 11.7 Å². The highest BCUT2D eigenvalue weighted by molar-refractivity contribution is 5.99. The molecule has 0 aliphatic carbocycles. The molecule has 4 aromatic rings. The Labute approximate surface area is 204 Å². The van der Waals surface area contributed by atoms with Gasteiger partial charge in [0.25, 0.3) is 5.91 Å². The number of benzene rings is 4. The van der Waals surface area contributed by atoms with Crippen LogP contribution in [0.4, 0.5) is 4.39 Å². The third-order valence-electron chi connectivity index (χ3n) is 6.64. The standard InChI is InChI=1S/C30H28FNO3/c31-28-8-1-2-9-29(28)35-20-21-5-3-7-23(15-21)24-10-11-26-17-27(13-12-25(26)16-24)30(34)32-14-4-6-22(18-32)19-33/h1-3,5,7-13,15-17,22,33H,4,6,14,18-20H2. The quantitative estimate of drug-likeness (QED) is 0.373. The van der Waals surface area contributed by atoms with E-state index < -0.39 is 0 Å². The molecule has 4 aromatic carbocycles. The number of para-hydroxylation sites is 1. The van der Waals surface area contributed by atoms with Crippen molar-refractivity contribution in [1.29, 1.82) is 0 Å². The summed E-state index contributed by atoms with van der Waals surface area (Å²) in [5.74, 6) is 0.0650. The molecule has 5 rings (SSSR count). The van der Waals surface area contributed by atoms with Gasteiger partial charge >= 0.3 is 0 Å². The fraction of sp³-hybridized carbons (Fsp3) is 0.233. The molecule has 0 saturated carbocycles. The van der Waals surface area contributed by atoms with E-state index in [4.69, 9.17) is 4.74 Å². The third-order valence-corrected chi connectivity index (χ3v) is 6.64. The lowest BCUT2D eigenvalue weighted by molar-refractivity contribution is 0.0621. The molecule has 4 nitrogen and oxygen atoms in total. The van der Waals surface area contributed by atoms with E-state index in [2.05, 4.69) is 12.1 Å². The minimum Gasteiger partial charge on any atom is -0.486 e. The Morgan fingerprint density at radius 2 is 1.74 bits per heavy atom. The maximum atomic E-state index is 13.8. The Morgan fingerprint density at radius 1 is 0.943 bits per heavy atom. The van der Waals surface area contributed by atoms with Crippen LogP contribution in [-0.2, 0) is 6.61 Å². The van der Waals surface area contributed by atoms with Crippen LogP contribution in [0.1, 0.15) is 28.8 Å². The Morgan fingerprint density at radius 3 is 2.60 bits per heavy atom. The van der Waals surface area contributed by atoms with Gasteiger partial charge in [-0.25, -0.2) is 4.39 Å². The van der Waals surface area contributed by atoms with Gasteiger partial charge in [-0.1, -0.05) is 48.5 Å². The molecule has 1 amide bonds. The maximum Gasteiger partial charge on any atom is 0.253 e. The molecule has 1 atom stereocenters. The zero-order chi connectivity index (χ0) is 24.2. The summed E-state index contributed by atoms with van der Waals surface area (Å²) in [5.41, 5.74) is 3.74. The van der Waals surface area contributed by atoms with Crippen molar-refractivity contribution in [3.63, 3.8) is 0 Å².